The monoisotopic (exact) mass is 1090 g/mol. The largest absolute Gasteiger partial charge is 0.462 e. The van der Waals surface area contributed by atoms with Crippen molar-refractivity contribution in [1.82, 2.24) is 0 Å². The molecule has 0 aliphatic carbocycles. The van der Waals surface area contributed by atoms with E-state index in [1.54, 1.807) is 0 Å². The van der Waals surface area contributed by atoms with Crippen molar-refractivity contribution >= 4 is 17.9 Å². The zero-order valence-electron chi connectivity index (χ0n) is 51.1. The molecule has 0 aromatic carbocycles. The quantitative estimate of drug-likeness (QED) is 0.0261. The molecule has 446 valence electrons. The van der Waals surface area contributed by atoms with Crippen LogP contribution in [0.25, 0.3) is 0 Å². The Morgan fingerprint density at radius 3 is 0.797 bits per heavy atom. The number of hydrogen-bond acceptors (Lipinski definition) is 6. The molecule has 0 saturated heterocycles. The van der Waals surface area contributed by atoms with Crippen LogP contribution in [0.2, 0.25) is 0 Å². The number of allylic oxidation sites excluding steroid dienone is 24. The lowest BCUT2D eigenvalue weighted by atomic mass is 10.0. The van der Waals surface area contributed by atoms with Gasteiger partial charge in [0.1, 0.15) is 13.2 Å². The molecule has 0 radical (unpaired) electrons. The molecule has 0 N–H and O–H groups in total. The summed E-state index contributed by atoms with van der Waals surface area (Å²) in [6.45, 7) is 6.37. The van der Waals surface area contributed by atoms with Gasteiger partial charge in [-0.2, -0.15) is 0 Å². The van der Waals surface area contributed by atoms with Crippen LogP contribution in [0.1, 0.15) is 278 Å². The Hall–Kier alpha value is -4.71. The lowest BCUT2D eigenvalue weighted by Crippen LogP contribution is -2.30. The molecule has 1 unspecified atom stereocenters. The molecule has 0 aromatic heterocycles. The first-order valence-electron chi connectivity index (χ1n) is 32.3. The van der Waals surface area contributed by atoms with Crippen molar-refractivity contribution in [2.75, 3.05) is 13.2 Å². The van der Waals surface area contributed by atoms with Gasteiger partial charge < -0.3 is 14.2 Å². The third-order valence-corrected chi connectivity index (χ3v) is 13.3. The summed E-state index contributed by atoms with van der Waals surface area (Å²) in [6.07, 6.45) is 94.3. The van der Waals surface area contributed by atoms with E-state index in [-0.39, 0.29) is 37.5 Å². The molecule has 0 fully saturated rings. The molecule has 0 aliphatic rings. The van der Waals surface area contributed by atoms with Crippen LogP contribution in [0.4, 0.5) is 0 Å². The Bertz CT molecular complexity index is 1730. The first kappa shape index (κ1) is 74.3. The minimum atomic E-state index is -0.807. The van der Waals surface area contributed by atoms with Crippen LogP contribution in [0.5, 0.6) is 0 Å². The van der Waals surface area contributed by atoms with E-state index in [1.165, 1.54) is 96.3 Å². The molecule has 0 amide bonds. The maximum absolute atomic E-state index is 12.9. The second-order valence-corrected chi connectivity index (χ2v) is 20.9. The summed E-state index contributed by atoms with van der Waals surface area (Å²) in [4.78, 5) is 38.2. The minimum Gasteiger partial charge on any atom is -0.462 e. The summed E-state index contributed by atoms with van der Waals surface area (Å²) in [7, 11) is 0. The maximum Gasteiger partial charge on any atom is 0.306 e. The molecule has 0 spiro atoms. The second-order valence-electron chi connectivity index (χ2n) is 20.9. The smallest absolute Gasteiger partial charge is 0.306 e. The van der Waals surface area contributed by atoms with Gasteiger partial charge in [0.05, 0.1) is 0 Å². The van der Waals surface area contributed by atoms with Crippen LogP contribution >= 0.6 is 0 Å². The van der Waals surface area contributed by atoms with Crippen LogP contribution in [-0.4, -0.2) is 37.2 Å². The normalized spacial score (nSPS) is 13.1. The predicted octanol–water partition coefficient (Wildman–Crippen LogP) is 22.3. The fraction of sp³-hybridized carbons (Fsp3) is 0.630. The first-order chi connectivity index (χ1) is 39.0. The van der Waals surface area contributed by atoms with E-state index in [2.05, 4.69) is 167 Å². The highest BCUT2D eigenvalue weighted by Crippen LogP contribution is 2.15. The van der Waals surface area contributed by atoms with Crippen molar-refractivity contribution in [1.29, 1.82) is 0 Å². The number of rotatable bonds is 57. The summed E-state index contributed by atoms with van der Waals surface area (Å²) < 4.78 is 16.9. The number of esters is 3. The van der Waals surface area contributed by atoms with E-state index >= 15 is 0 Å². The zero-order valence-corrected chi connectivity index (χ0v) is 51.1. The van der Waals surface area contributed by atoms with Crippen LogP contribution < -0.4 is 0 Å². The Balaban J connectivity index is 4.31. The highest BCUT2D eigenvalue weighted by atomic mass is 16.6. The second kappa shape index (κ2) is 65.8. The van der Waals surface area contributed by atoms with E-state index in [4.69, 9.17) is 14.2 Å². The Kier molecular flexibility index (Phi) is 61.9. The van der Waals surface area contributed by atoms with E-state index in [1.807, 2.05) is 0 Å². The number of carbonyl (C=O) groups is 3. The van der Waals surface area contributed by atoms with Gasteiger partial charge in [0.25, 0.3) is 0 Å². The van der Waals surface area contributed by atoms with Gasteiger partial charge in [-0.25, -0.2) is 0 Å². The Morgan fingerprint density at radius 2 is 0.494 bits per heavy atom. The van der Waals surface area contributed by atoms with Crippen LogP contribution in [0.15, 0.2) is 146 Å². The molecule has 79 heavy (non-hydrogen) atoms. The topological polar surface area (TPSA) is 78.9 Å². The molecule has 1 atom stereocenters. The highest BCUT2D eigenvalue weighted by Gasteiger charge is 2.19. The van der Waals surface area contributed by atoms with Gasteiger partial charge in [-0.15, -0.1) is 0 Å². The summed E-state index contributed by atoms with van der Waals surface area (Å²) in [6, 6.07) is 0. The fourth-order valence-electron chi connectivity index (χ4n) is 8.57. The molecule has 6 heteroatoms. The lowest BCUT2D eigenvalue weighted by Gasteiger charge is -2.18. The van der Waals surface area contributed by atoms with Gasteiger partial charge in [-0.3, -0.25) is 14.4 Å². The van der Waals surface area contributed by atoms with Crippen molar-refractivity contribution in [2.45, 2.75) is 284 Å². The molecular formula is C73H118O6. The SMILES string of the molecule is CC/C=C\C/C=C\C/C=C\C/C=C\C/C=C\C/C=C\C/C=C\C/C=C\CCCCCCCCCCC(=O)OCC(COC(=O)CCCCCCCCCCCCCCC)OC(=O)CCCC/C=C\C/C=C\C/C=C\C/C=C\CC. The number of unbranched alkanes of at least 4 members (excludes halogenated alkanes) is 22. The van der Waals surface area contributed by atoms with Crippen LogP contribution in [-0.2, 0) is 28.6 Å². The summed E-state index contributed by atoms with van der Waals surface area (Å²) in [5.74, 6) is -0.949. The minimum absolute atomic E-state index is 0.0990. The third kappa shape index (κ3) is 64.0. The maximum atomic E-state index is 12.9. The molecule has 0 aromatic rings. The van der Waals surface area contributed by atoms with Crippen molar-refractivity contribution in [3.05, 3.63) is 146 Å². The predicted molar refractivity (Wildman–Crippen MR) is 343 cm³/mol. The molecule has 0 saturated carbocycles. The van der Waals surface area contributed by atoms with Crippen LogP contribution in [0.3, 0.4) is 0 Å². The average molecular weight is 1090 g/mol. The van der Waals surface area contributed by atoms with Gasteiger partial charge in [-0.05, 0) is 122 Å². The molecule has 6 nitrogen and oxygen atoms in total. The van der Waals surface area contributed by atoms with E-state index < -0.39 is 6.10 Å². The standard InChI is InChI=1S/C73H118O6/c1-4-7-10-13-16-19-22-25-27-28-29-30-31-32-33-34-35-36-37-38-39-40-41-42-43-44-46-48-51-54-57-60-63-66-72(75)78-69-70(68-77-71(74)65-62-59-56-53-50-47-24-21-18-15-12-9-6-3)79-73(76)67-64-61-58-55-52-49-45-26-23-20-17-14-11-8-5-2/h7-8,10-11,16-17,19-20,25-27,29-30,32-33,35-36,38-39,41-42,45,52,55,70H,4-6,9,12-15,18,21-24,28,31,34,37,40,43-44,46-51,53-54,56-69H2,1-3H3/b10-7-,11-8-,19-16-,20-17-,27-25-,30-29-,33-32-,36-35-,39-38-,42-41-,45-26-,55-52-. The van der Waals surface area contributed by atoms with Gasteiger partial charge >= 0.3 is 17.9 Å². The van der Waals surface area contributed by atoms with E-state index in [0.717, 1.165) is 135 Å². The van der Waals surface area contributed by atoms with Gasteiger partial charge in [0.2, 0.25) is 0 Å². The molecule has 0 aliphatic heterocycles. The van der Waals surface area contributed by atoms with Crippen molar-refractivity contribution in [3.8, 4) is 0 Å². The zero-order chi connectivity index (χ0) is 57.1. The summed E-state index contributed by atoms with van der Waals surface area (Å²) in [5, 5.41) is 0. The molecule has 0 rings (SSSR count). The van der Waals surface area contributed by atoms with Gasteiger partial charge in [-0.1, -0.05) is 282 Å². The van der Waals surface area contributed by atoms with Crippen LogP contribution in [0, 0.1) is 0 Å². The van der Waals surface area contributed by atoms with Gasteiger partial charge in [0.15, 0.2) is 6.10 Å². The Labute approximate surface area is 487 Å². The summed E-state index contributed by atoms with van der Waals surface area (Å²) >= 11 is 0. The number of carbonyl (C=O) groups excluding carboxylic acids is 3. The van der Waals surface area contributed by atoms with E-state index in [9.17, 15) is 14.4 Å². The number of hydrogen-bond donors (Lipinski definition) is 0. The molecule has 0 heterocycles. The number of ether oxygens (including phenoxy) is 3. The highest BCUT2D eigenvalue weighted by molar-refractivity contribution is 5.71. The summed E-state index contributed by atoms with van der Waals surface area (Å²) in [5.41, 5.74) is 0. The Morgan fingerprint density at radius 1 is 0.266 bits per heavy atom. The van der Waals surface area contributed by atoms with Crippen molar-refractivity contribution in [3.63, 3.8) is 0 Å². The van der Waals surface area contributed by atoms with Crippen molar-refractivity contribution in [2.24, 2.45) is 0 Å². The third-order valence-electron chi connectivity index (χ3n) is 13.3. The molecular weight excluding hydrogens is 973 g/mol. The fourth-order valence-corrected chi connectivity index (χ4v) is 8.57. The first-order valence-corrected chi connectivity index (χ1v) is 32.3. The lowest BCUT2D eigenvalue weighted by molar-refractivity contribution is -0.167. The molecule has 0 bridgehead atoms. The van der Waals surface area contributed by atoms with E-state index in [0.29, 0.717) is 19.3 Å². The average Bonchev–Trinajstić information content (AvgIpc) is 3.45. The van der Waals surface area contributed by atoms with Gasteiger partial charge in [0, 0.05) is 19.3 Å². The van der Waals surface area contributed by atoms with Crippen molar-refractivity contribution < 1.29 is 28.6 Å².